The summed E-state index contributed by atoms with van der Waals surface area (Å²) in [6.07, 6.45) is 41.9. The molecule has 0 aromatic rings. The van der Waals surface area contributed by atoms with E-state index in [0.29, 0.717) is 10.8 Å². The van der Waals surface area contributed by atoms with Crippen LogP contribution in [-0.4, -0.2) is 51.8 Å². The van der Waals surface area contributed by atoms with Gasteiger partial charge < -0.3 is 19.1 Å². The summed E-state index contributed by atoms with van der Waals surface area (Å²) in [7, 11) is 5.24. The highest BCUT2D eigenvalue weighted by Gasteiger charge is 2.39. The van der Waals surface area contributed by atoms with Gasteiger partial charge in [0.25, 0.3) is 5.97 Å². The van der Waals surface area contributed by atoms with Crippen LogP contribution in [0.3, 0.4) is 0 Å². The molecule has 0 amide bonds. The molecule has 1 atom stereocenters. The Bertz CT molecular complexity index is 666. The van der Waals surface area contributed by atoms with E-state index in [4.69, 9.17) is 14.2 Å². The lowest BCUT2D eigenvalue weighted by Gasteiger charge is -2.37. The second kappa shape index (κ2) is 34.1. The number of unbranched alkanes of at least 4 members (excludes halogenated alkanes) is 17. The van der Waals surface area contributed by atoms with E-state index in [0.717, 1.165) is 12.8 Å². The van der Waals surface area contributed by atoms with Gasteiger partial charge in [-0.2, -0.15) is 0 Å². The second-order valence-corrected chi connectivity index (χ2v) is 17.0. The molecule has 0 aliphatic heterocycles. The highest BCUT2D eigenvalue weighted by molar-refractivity contribution is 4.76. The summed E-state index contributed by atoms with van der Waals surface area (Å²) in [5.41, 5.74) is 1.22. The molecular weight excluding hydrogens is 639 g/mol. The van der Waals surface area contributed by atoms with E-state index in [1.807, 2.05) is 0 Å². The summed E-state index contributed by atoms with van der Waals surface area (Å²) < 4.78 is 17.7. The third kappa shape index (κ3) is 22.4. The monoisotopic (exact) mass is 738 g/mol. The third-order valence-electron chi connectivity index (χ3n) is 14.1. The van der Waals surface area contributed by atoms with E-state index in [9.17, 15) is 0 Å². The molecule has 0 aromatic carbocycles. The molecule has 0 aromatic heterocycles. The van der Waals surface area contributed by atoms with E-state index < -0.39 is 5.97 Å². The Labute approximate surface area is 329 Å². The standard InChI is InChI=1S/C48H99NO3/c1-11-18-19-20-27-32-38-45(48(50-8,51-9)52-10)39-37-44-49(42-35-30-25-21-23-28-33-40-46(12-2,13-3)14-4)43-36-31-26-22-24-29-34-41-47(15-5,16-6)17-7/h45H,11-44H2,1-10H3. The second-order valence-electron chi connectivity index (χ2n) is 17.0. The van der Waals surface area contributed by atoms with Crippen LogP contribution in [0.25, 0.3) is 0 Å². The van der Waals surface area contributed by atoms with E-state index in [2.05, 4.69) is 53.4 Å². The van der Waals surface area contributed by atoms with Gasteiger partial charge in [0.15, 0.2) is 0 Å². The van der Waals surface area contributed by atoms with E-state index in [-0.39, 0.29) is 5.92 Å². The van der Waals surface area contributed by atoms with Gasteiger partial charge in [-0.25, -0.2) is 0 Å². The van der Waals surface area contributed by atoms with Crippen molar-refractivity contribution in [3.8, 4) is 0 Å². The van der Waals surface area contributed by atoms with Crippen LogP contribution in [0.4, 0.5) is 0 Å². The van der Waals surface area contributed by atoms with E-state index in [1.165, 1.54) is 206 Å². The van der Waals surface area contributed by atoms with Crippen LogP contribution in [0.1, 0.15) is 248 Å². The molecule has 0 saturated carbocycles. The van der Waals surface area contributed by atoms with Gasteiger partial charge in [-0.1, -0.05) is 203 Å². The molecule has 0 radical (unpaired) electrons. The van der Waals surface area contributed by atoms with E-state index in [1.54, 1.807) is 21.3 Å². The number of methoxy groups -OCH3 is 3. The lowest BCUT2D eigenvalue weighted by atomic mass is 9.75. The van der Waals surface area contributed by atoms with Gasteiger partial charge in [0, 0.05) is 27.2 Å². The fourth-order valence-electron chi connectivity index (χ4n) is 9.31. The molecule has 0 rings (SSSR count). The zero-order valence-corrected chi connectivity index (χ0v) is 37.8. The Morgan fingerprint density at radius 2 is 0.673 bits per heavy atom. The number of hydrogen-bond donors (Lipinski definition) is 0. The van der Waals surface area contributed by atoms with Crippen molar-refractivity contribution in [1.82, 2.24) is 4.90 Å². The lowest BCUT2D eigenvalue weighted by molar-refractivity contribution is -0.380. The van der Waals surface area contributed by atoms with Crippen LogP contribution in [0, 0.1) is 16.7 Å². The van der Waals surface area contributed by atoms with Gasteiger partial charge in [-0.3, -0.25) is 0 Å². The summed E-state index contributed by atoms with van der Waals surface area (Å²) in [6.45, 7) is 20.4. The van der Waals surface area contributed by atoms with Crippen LogP contribution in [0.2, 0.25) is 0 Å². The Morgan fingerprint density at radius 3 is 1.04 bits per heavy atom. The van der Waals surface area contributed by atoms with Gasteiger partial charge in [0.1, 0.15) is 0 Å². The van der Waals surface area contributed by atoms with Crippen LogP contribution in [0.5, 0.6) is 0 Å². The first kappa shape index (κ1) is 51.8. The first-order valence-corrected chi connectivity index (χ1v) is 23.7. The molecule has 0 aliphatic rings. The molecule has 1 unspecified atom stereocenters. The van der Waals surface area contributed by atoms with Crippen LogP contribution in [-0.2, 0) is 14.2 Å². The molecule has 0 spiro atoms. The fraction of sp³-hybridized carbons (Fsp3) is 1.00. The normalized spacial score (nSPS) is 13.4. The molecule has 0 fully saturated rings. The zero-order chi connectivity index (χ0) is 38.8. The molecule has 0 saturated heterocycles. The Morgan fingerprint density at radius 1 is 0.365 bits per heavy atom. The Hall–Kier alpha value is -0.160. The summed E-state index contributed by atoms with van der Waals surface area (Å²) in [5.74, 6) is -0.667. The summed E-state index contributed by atoms with van der Waals surface area (Å²) >= 11 is 0. The quantitative estimate of drug-likeness (QED) is 0.0462. The van der Waals surface area contributed by atoms with Crippen LogP contribution >= 0.6 is 0 Å². The zero-order valence-electron chi connectivity index (χ0n) is 37.8. The molecule has 314 valence electrons. The molecule has 0 aliphatic carbocycles. The maximum absolute atomic E-state index is 5.91. The number of hydrogen-bond acceptors (Lipinski definition) is 4. The van der Waals surface area contributed by atoms with Gasteiger partial charge >= 0.3 is 0 Å². The van der Waals surface area contributed by atoms with Crippen molar-refractivity contribution in [1.29, 1.82) is 0 Å². The SMILES string of the molecule is CCCCCCCCC(CCCN(CCCCCCCCCC(CC)(CC)CC)CCCCCCCCCC(CC)(CC)CC)C(OC)(OC)OC. The van der Waals surface area contributed by atoms with Crippen LogP contribution in [0.15, 0.2) is 0 Å². The lowest BCUT2D eigenvalue weighted by Crippen LogP contribution is -2.44. The average molecular weight is 738 g/mol. The minimum atomic E-state index is -0.926. The van der Waals surface area contributed by atoms with Crippen molar-refractivity contribution in [2.75, 3.05) is 41.0 Å². The van der Waals surface area contributed by atoms with Gasteiger partial charge in [0.2, 0.25) is 0 Å². The topological polar surface area (TPSA) is 30.9 Å². The number of ether oxygens (including phenoxy) is 3. The average Bonchev–Trinajstić information content (AvgIpc) is 3.18. The summed E-state index contributed by atoms with van der Waals surface area (Å²) in [4.78, 5) is 2.80. The fourth-order valence-corrected chi connectivity index (χ4v) is 9.31. The predicted molar refractivity (Wildman–Crippen MR) is 231 cm³/mol. The number of nitrogens with zero attached hydrogens (tertiary/aromatic N) is 1. The smallest absolute Gasteiger partial charge is 0.285 e. The van der Waals surface area contributed by atoms with Gasteiger partial charge in [0.05, 0.1) is 0 Å². The highest BCUT2D eigenvalue weighted by Crippen LogP contribution is 2.37. The Balaban J connectivity index is 4.88. The minimum Gasteiger partial charge on any atom is -0.331 e. The van der Waals surface area contributed by atoms with Crippen LogP contribution < -0.4 is 0 Å². The van der Waals surface area contributed by atoms with E-state index >= 15 is 0 Å². The van der Waals surface area contributed by atoms with Crippen molar-refractivity contribution in [2.24, 2.45) is 16.7 Å². The Kier molecular flexibility index (Phi) is 34.0. The minimum absolute atomic E-state index is 0.259. The summed E-state index contributed by atoms with van der Waals surface area (Å²) in [6, 6.07) is 0. The molecule has 0 heterocycles. The van der Waals surface area contributed by atoms with Crippen molar-refractivity contribution in [2.45, 2.75) is 253 Å². The molecule has 52 heavy (non-hydrogen) atoms. The first-order valence-electron chi connectivity index (χ1n) is 23.7. The molecular formula is C48H99NO3. The number of rotatable bonds is 41. The molecule has 0 bridgehead atoms. The molecule has 4 nitrogen and oxygen atoms in total. The largest absolute Gasteiger partial charge is 0.331 e. The molecule has 0 N–H and O–H groups in total. The van der Waals surface area contributed by atoms with Gasteiger partial charge in [-0.05, 0) is 75.4 Å². The first-order chi connectivity index (χ1) is 25.3. The highest BCUT2D eigenvalue weighted by atomic mass is 16.9. The third-order valence-corrected chi connectivity index (χ3v) is 14.1. The maximum Gasteiger partial charge on any atom is 0.285 e. The van der Waals surface area contributed by atoms with Crippen molar-refractivity contribution in [3.63, 3.8) is 0 Å². The predicted octanol–water partition coefficient (Wildman–Crippen LogP) is 15.7. The van der Waals surface area contributed by atoms with Crippen molar-refractivity contribution in [3.05, 3.63) is 0 Å². The van der Waals surface area contributed by atoms with Crippen molar-refractivity contribution >= 4 is 0 Å². The van der Waals surface area contributed by atoms with Crippen molar-refractivity contribution < 1.29 is 14.2 Å². The van der Waals surface area contributed by atoms with Gasteiger partial charge in [-0.15, -0.1) is 0 Å². The summed E-state index contributed by atoms with van der Waals surface area (Å²) in [5, 5.41) is 0. The molecule has 4 heteroatoms. The maximum atomic E-state index is 5.91.